The molecule has 0 saturated heterocycles. The van der Waals surface area contributed by atoms with Crippen molar-refractivity contribution in [3.63, 3.8) is 0 Å². The quantitative estimate of drug-likeness (QED) is 0.319. The van der Waals surface area contributed by atoms with Gasteiger partial charge in [0.25, 0.3) is 5.91 Å². The second-order valence-electron chi connectivity index (χ2n) is 7.12. The zero-order chi connectivity index (χ0) is 24.1. The molecule has 0 bridgehead atoms. The van der Waals surface area contributed by atoms with E-state index in [9.17, 15) is 31.1 Å². The number of benzene rings is 1. The van der Waals surface area contributed by atoms with Gasteiger partial charge in [-0.05, 0) is 62.2 Å². The molecular formula is C19H12Br2F6N4O2. The Hall–Kier alpha value is -2.48. The Labute approximate surface area is 198 Å². The molecule has 33 heavy (non-hydrogen) atoms. The molecule has 2 N–H and O–H groups in total. The van der Waals surface area contributed by atoms with E-state index in [0.29, 0.717) is 15.4 Å². The molecule has 2 aromatic heterocycles. The van der Waals surface area contributed by atoms with Gasteiger partial charge in [-0.15, -0.1) is 0 Å². The van der Waals surface area contributed by atoms with Crippen LogP contribution in [-0.4, -0.2) is 21.9 Å². The lowest BCUT2D eigenvalue weighted by Crippen LogP contribution is -2.35. The largest absolute Gasteiger partial charge is 0.452 e. The predicted octanol–water partition coefficient (Wildman–Crippen LogP) is 6.93. The molecule has 3 heterocycles. The Balaban J connectivity index is 1.67. The Morgan fingerprint density at radius 2 is 1.88 bits per heavy atom. The molecule has 0 saturated carbocycles. The molecule has 2 atom stereocenters. The fourth-order valence-electron chi connectivity index (χ4n) is 3.40. The second kappa shape index (κ2) is 8.38. The Morgan fingerprint density at radius 3 is 2.48 bits per heavy atom. The second-order valence-corrected chi connectivity index (χ2v) is 8.69. The van der Waals surface area contributed by atoms with Crippen molar-refractivity contribution in [1.82, 2.24) is 9.78 Å². The minimum atomic E-state index is -4.70. The summed E-state index contributed by atoms with van der Waals surface area (Å²) in [6.07, 6.45) is -9.78. The highest BCUT2D eigenvalue weighted by Crippen LogP contribution is 2.46. The highest BCUT2D eigenvalue weighted by Gasteiger charge is 2.48. The van der Waals surface area contributed by atoms with Crippen molar-refractivity contribution >= 4 is 49.3 Å². The molecule has 4 rings (SSSR count). The van der Waals surface area contributed by atoms with Crippen LogP contribution in [0.3, 0.4) is 0 Å². The van der Waals surface area contributed by atoms with E-state index < -0.39 is 48.0 Å². The Morgan fingerprint density at radius 1 is 1.15 bits per heavy atom. The third-order valence-electron chi connectivity index (χ3n) is 4.90. The smallest absolute Gasteiger partial charge is 0.416 e. The van der Waals surface area contributed by atoms with Crippen LogP contribution in [0.5, 0.6) is 0 Å². The van der Waals surface area contributed by atoms with Gasteiger partial charge in [-0.1, -0.05) is 6.07 Å². The third-order valence-corrected chi connectivity index (χ3v) is 6.07. The lowest BCUT2D eigenvalue weighted by atomic mass is 10.0. The molecule has 1 aromatic carbocycles. The average molecular weight is 602 g/mol. The van der Waals surface area contributed by atoms with Crippen LogP contribution in [0, 0.1) is 0 Å². The van der Waals surface area contributed by atoms with Crippen LogP contribution in [0.15, 0.2) is 50.0 Å². The predicted molar refractivity (Wildman–Crippen MR) is 112 cm³/mol. The number of rotatable bonds is 3. The number of nitrogens with zero attached hydrogens (tertiary/aromatic N) is 2. The first kappa shape index (κ1) is 23.7. The Kier molecular flexibility index (Phi) is 6.01. The summed E-state index contributed by atoms with van der Waals surface area (Å²) in [5.41, 5.74) is -1.61. The summed E-state index contributed by atoms with van der Waals surface area (Å²) in [5, 5.41) is 8.93. The molecule has 3 aromatic rings. The van der Waals surface area contributed by atoms with E-state index in [1.807, 2.05) is 0 Å². The van der Waals surface area contributed by atoms with Crippen LogP contribution in [0.25, 0.3) is 0 Å². The van der Waals surface area contributed by atoms with Gasteiger partial charge < -0.3 is 15.1 Å². The van der Waals surface area contributed by atoms with Crippen molar-refractivity contribution in [2.24, 2.45) is 0 Å². The van der Waals surface area contributed by atoms with Gasteiger partial charge in [-0.25, -0.2) is 4.68 Å². The molecule has 0 fully saturated rings. The van der Waals surface area contributed by atoms with Crippen LogP contribution >= 0.6 is 31.9 Å². The van der Waals surface area contributed by atoms with Gasteiger partial charge in [0.05, 0.1) is 16.1 Å². The summed E-state index contributed by atoms with van der Waals surface area (Å²) in [5.74, 6) is -0.858. The maximum Gasteiger partial charge on any atom is 0.416 e. The molecule has 1 amide bonds. The van der Waals surface area contributed by atoms with Crippen molar-refractivity contribution in [2.45, 2.75) is 30.9 Å². The number of fused-ring (bicyclic) bond motifs is 1. The first-order valence-corrected chi connectivity index (χ1v) is 10.8. The molecule has 14 heteroatoms. The van der Waals surface area contributed by atoms with Crippen LogP contribution < -0.4 is 10.6 Å². The van der Waals surface area contributed by atoms with Crippen LogP contribution in [0.2, 0.25) is 0 Å². The maximum atomic E-state index is 13.8. The number of amides is 1. The van der Waals surface area contributed by atoms with Gasteiger partial charge in [0.2, 0.25) is 0 Å². The molecule has 1 aliphatic rings. The molecule has 0 unspecified atom stereocenters. The van der Waals surface area contributed by atoms with Gasteiger partial charge >= 0.3 is 12.4 Å². The van der Waals surface area contributed by atoms with Crippen LogP contribution in [0.1, 0.15) is 40.3 Å². The van der Waals surface area contributed by atoms with Crippen molar-refractivity contribution in [1.29, 1.82) is 0 Å². The number of halogens is 8. The standard InChI is InChI=1S/C19H12Br2F6N4O2/c20-13-5-4-11(33-13)10-7-12(19(25,26)27)31-16(29-10)14(21)15(30-31)17(32)28-9-3-1-2-8(6-9)18(22,23)24/h1-6,10,12,29H,7H2,(H,28,32)/t10-,12-/m1/s1. The van der Waals surface area contributed by atoms with Gasteiger partial charge in [0.1, 0.15) is 11.6 Å². The molecule has 1 aliphatic heterocycles. The van der Waals surface area contributed by atoms with Gasteiger partial charge in [0, 0.05) is 12.1 Å². The summed E-state index contributed by atoms with van der Waals surface area (Å²) in [6, 6.07) is 3.95. The van der Waals surface area contributed by atoms with E-state index in [4.69, 9.17) is 4.42 Å². The summed E-state index contributed by atoms with van der Waals surface area (Å²) in [7, 11) is 0. The van der Waals surface area contributed by atoms with E-state index in [2.05, 4.69) is 47.6 Å². The molecule has 176 valence electrons. The van der Waals surface area contributed by atoms with Crippen molar-refractivity contribution < 1.29 is 35.6 Å². The molecule has 0 spiro atoms. The number of hydrogen-bond acceptors (Lipinski definition) is 4. The topological polar surface area (TPSA) is 72.1 Å². The molecule has 6 nitrogen and oxygen atoms in total. The van der Waals surface area contributed by atoms with Gasteiger partial charge in [-0.3, -0.25) is 4.79 Å². The summed E-state index contributed by atoms with van der Waals surface area (Å²) in [4.78, 5) is 12.7. The Bertz CT molecular complexity index is 1200. The van der Waals surface area contributed by atoms with E-state index in [0.717, 1.165) is 12.1 Å². The number of aromatic nitrogens is 2. The number of carbonyl (C=O) groups excluding carboxylic acids is 1. The summed E-state index contributed by atoms with van der Waals surface area (Å²) < 4.78 is 86.5. The number of anilines is 2. The first-order valence-electron chi connectivity index (χ1n) is 9.19. The highest BCUT2D eigenvalue weighted by molar-refractivity contribution is 9.10. The number of nitrogens with one attached hydrogen (secondary N) is 2. The van der Waals surface area contributed by atoms with Crippen molar-refractivity contribution in [2.75, 3.05) is 10.6 Å². The fourth-order valence-corrected chi connectivity index (χ4v) is 4.27. The fraction of sp³-hybridized carbons (Fsp3) is 0.263. The third kappa shape index (κ3) is 4.76. The van der Waals surface area contributed by atoms with Gasteiger partial charge in [-0.2, -0.15) is 31.4 Å². The minimum Gasteiger partial charge on any atom is -0.452 e. The SMILES string of the molecule is O=C(Nc1cccc(C(F)(F)F)c1)c1nn2c(c1Br)N[C@@H](c1ccc(Br)o1)C[C@@H]2C(F)(F)F. The monoisotopic (exact) mass is 600 g/mol. The van der Waals surface area contributed by atoms with Crippen LogP contribution in [-0.2, 0) is 6.18 Å². The minimum absolute atomic E-state index is 0.0726. The molecule has 0 aliphatic carbocycles. The van der Waals surface area contributed by atoms with E-state index in [1.165, 1.54) is 18.2 Å². The van der Waals surface area contributed by atoms with E-state index in [1.54, 1.807) is 0 Å². The zero-order valence-corrected chi connectivity index (χ0v) is 19.2. The van der Waals surface area contributed by atoms with E-state index in [-0.39, 0.29) is 21.7 Å². The van der Waals surface area contributed by atoms with Crippen molar-refractivity contribution in [3.8, 4) is 0 Å². The summed E-state index contributed by atoms with van der Waals surface area (Å²) >= 11 is 6.21. The van der Waals surface area contributed by atoms with E-state index >= 15 is 0 Å². The maximum absolute atomic E-state index is 13.8. The number of carbonyl (C=O) groups is 1. The number of alkyl halides is 6. The highest BCUT2D eigenvalue weighted by atomic mass is 79.9. The average Bonchev–Trinajstić information content (AvgIpc) is 3.30. The number of hydrogen-bond donors (Lipinski definition) is 2. The zero-order valence-electron chi connectivity index (χ0n) is 16.1. The lowest BCUT2D eigenvalue weighted by molar-refractivity contribution is -0.174. The van der Waals surface area contributed by atoms with Crippen LogP contribution in [0.4, 0.5) is 37.8 Å². The first-order chi connectivity index (χ1) is 15.3. The molecular weight excluding hydrogens is 590 g/mol. The normalized spacial score (nSPS) is 18.5. The number of furan rings is 1. The summed E-state index contributed by atoms with van der Waals surface area (Å²) in [6.45, 7) is 0. The molecule has 0 radical (unpaired) electrons. The lowest BCUT2D eigenvalue weighted by Gasteiger charge is -2.32. The van der Waals surface area contributed by atoms with Gasteiger partial charge in [0.15, 0.2) is 16.4 Å². The van der Waals surface area contributed by atoms with Crippen molar-refractivity contribution in [3.05, 3.63) is 62.6 Å².